The molecular formula is C29H30FN5S. The number of anilines is 1. The van der Waals surface area contributed by atoms with Crippen molar-refractivity contribution in [3.05, 3.63) is 114 Å². The molecule has 2 atom stereocenters. The average molecular weight is 500 g/mol. The molecule has 0 radical (unpaired) electrons. The zero-order chi connectivity index (χ0) is 25.1. The van der Waals surface area contributed by atoms with E-state index in [0.29, 0.717) is 10.8 Å². The normalized spacial score (nSPS) is 17.3. The third-order valence-corrected chi connectivity index (χ3v) is 7.11. The van der Waals surface area contributed by atoms with Gasteiger partial charge in [-0.2, -0.15) is 0 Å². The largest absolute Gasteiger partial charge is 0.385 e. The van der Waals surface area contributed by atoms with E-state index in [4.69, 9.17) is 12.2 Å². The molecule has 0 bridgehead atoms. The van der Waals surface area contributed by atoms with Crippen molar-refractivity contribution in [2.24, 2.45) is 0 Å². The van der Waals surface area contributed by atoms with E-state index in [2.05, 4.69) is 45.6 Å². The van der Waals surface area contributed by atoms with Gasteiger partial charge in [-0.25, -0.2) is 4.39 Å². The fourth-order valence-electron chi connectivity index (χ4n) is 5.11. The van der Waals surface area contributed by atoms with E-state index >= 15 is 0 Å². The summed E-state index contributed by atoms with van der Waals surface area (Å²) in [5.41, 5.74) is 5.70. The standard InChI is InChI=1S/C29H30FN5S/c1-20-19-23(21(2)35(20)26-15-7-6-13-24(26)30)28-27(25-14-8-9-16-32-25)33-29(36)34(28)18-10-17-31-22-11-4-3-5-12-22/h3-9,11-16,19,27-28,31H,10,17-18H2,1-2H3,(H,33,36)/t27-,28-/m1/s1. The van der Waals surface area contributed by atoms with Gasteiger partial charge in [0.05, 0.1) is 23.5 Å². The molecule has 184 valence electrons. The van der Waals surface area contributed by atoms with Crippen LogP contribution in [0.1, 0.15) is 41.1 Å². The monoisotopic (exact) mass is 499 g/mol. The minimum Gasteiger partial charge on any atom is -0.385 e. The molecule has 0 aliphatic carbocycles. The van der Waals surface area contributed by atoms with Crippen LogP contribution in [-0.2, 0) is 0 Å². The molecule has 0 spiro atoms. The SMILES string of the molecule is Cc1cc([C@@H]2[C@@H](c3ccccn3)NC(=S)N2CCCNc2ccccc2)c(C)n1-c1ccccc1F. The lowest BCUT2D eigenvalue weighted by Gasteiger charge is -2.28. The number of halogens is 1. The molecule has 1 aliphatic rings. The highest BCUT2D eigenvalue weighted by molar-refractivity contribution is 7.80. The highest BCUT2D eigenvalue weighted by atomic mass is 32.1. The van der Waals surface area contributed by atoms with Crippen molar-refractivity contribution in [2.75, 3.05) is 18.4 Å². The fraction of sp³-hybridized carbons (Fsp3) is 0.241. The molecule has 1 fully saturated rings. The molecule has 0 amide bonds. The topological polar surface area (TPSA) is 45.1 Å². The molecule has 36 heavy (non-hydrogen) atoms. The number of nitrogens with one attached hydrogen (secondary N) is 2. The molecule has 2 aromatic heterocycles. The minimum absolute atomic E-state index is 0.0594. The fourth-order valence-corrected chi connectivity index (χ4v) is 5.45. The Balaban J connectivity index is 1.46. The Morgan fingerprint density at radius 3 is 2.50 bits per heavy atom. The maximum absolute atomic E-state index is 14.8. The third-order valence-electron chi connectivity index (χ3n) is 6.76. The number of hydrogen-bond donors (Lipinski definition) is 2. The molecule has 0 saturated carbocycles. The van der Waals surface area contributed by atoms with Gasteiger partial charge in [-0.05, 0) is 80.5 Å². The molecule has 2 N–H and O–H groups in total. The summed E-state index contributed by atoms with van der Waals surface area (Å²) in [5, 5.41) is 7.72. The van der Waals surface area contributed by atoms with E-state index in [1.165, 1.54) is 6.07 Å². The van der Waals surface area contributed by atoms with Gasteiger partial charge in [0.15, 0.2) is 5.11 Å². The van der Waals surface area contributed by atoms with Crippen LogP contribution in [0.4, 0.5) is 10.1 Å². The summed E-state index contributed by atoms with van der Waals surface area (Å²) in [5.74, 6) is -0.240. The molecule has 4 aromatic rings. The van der Waals surface area contributed by atoms with E-state index in [9.17, 15) is 4.39 Å². The minimum atomic E-state index is -0.240. The van der Waals surface area contributed by atoms with Crippen LogP contribution in [0.3, 0.4) is 0 Å². The van der Waals surface area contributed by atoms with Crippen molar-refractivity contribution in [1.29, 1.82) is 0 Å². The number of para-hydroxylation sites is 2. The third kappa shape index (κ3) is 4.71. The molecule has 3 heterocycles. The summed E-state index contributed by atoms with van der Waals surface area (Å²) in [6.45, 7) is 5.69. The van der Waals surface area contributed by atoms with Gasteiger partial charge in [0.25, 0.3) is 0 Å². The first kappa shape index (κ1) is 24.0. The number of aryl methyl sites for hydroxylation is 1. The lowest BCUT2D eigenvalue weighted by atomic mass is 9.96. The van der Waals surface area contributed by atoms with Gasteiger partial charge in [0.1, 0.15) is 5.82 Å². The summed E-state index contributed by atoms with van der Waals surface area (Å²) < 4.78 is 16.8. The second-order valence-electron chi connectivity index (χ2n) is 9.08. The summed E-state index contributed by atoms with van der Waals surface area (Å²) in [6.07, 6.45) is 2.72. The van der Waals surface area contributed by atoms with Gasteiger partial charge in [0.2, 0.25) is 0 Å². The molecule has 1 saturated heterocycles. The highest BCUT2D eigenvalue weighted by Gasteiger charge is 2.41. The predicted molar refractivity (Wildman–Crippen MR) is 147 cm³/mol. The number of rotatable bonds is 8. The Bertz CT molecular complexity index is 1340. The van der Waals surface area contributed by atoms with Crippen LogP contribution in [0.25, 0.3) is 5.69 Å². The zero-order valence-electron chi connectivity index (χ0n) is 20.5. The zero-order valence-corrected chi connectivity index (χ0v) is 21.3. The van der Waals surface area contributed by atoms with Crippen molar-refractivity contribution >= 4 is 23.0 Å². The Kier molecular flexibility index (Phi) is 7.00. The number of thiocarbonyl (C=S) groups is 1. The van der Waals surface area contributed by atoms with E-state index in [0.717, 1.165) is 47.8 Å². The van der Waals surface area contributed by atoms with Crippen LogP contribution in [0, 0.1) is 19.7 Å². The van der Waals surface area contributed by atoms with Crippen LogP contribution in [-0.4, -0.2) is 32.7 Å². The maximum Gasteiger partial charge on any atom is 0.170 e. The molecule has 5 rings (SSSR count). The molecule has 1 aliphatic heterocycles. The number of nitrogens with zero attached hydrogens (tertiary/aromatic N) is 3. The number of benzene rings is 2. The van der Waals surface area contributed by atoms with Crippen LogP contribution >= 0.6 is 12.2 Å². The Labute approximate surface area is 217 Å². The van der Waals surface area contributed by atoms with Gasteiger partial charge >= 0.3 is 0 Å². The van der Waals surface area contributed by atoms with Crippen LogP contribution < -0.4 is 10.6 Å². The summed E-state index contributed by atoms with van der Waals surface area (Å²) in [4.78, 5) is 6.90. The van der Waals surface area contributed by atoms with Gasteiger partial charge < -0.3 is 20.1 Å². The predicted octanol–water partition coefficient (Wildman–Crippen LogP) is 6.10. The maximum atomic E-state index is 14.8. The Morgan fingerprint density at radius 1 is 1.00 bits per heavy atom. The van der Waals surface area contributed by atoms with Crippen LogP contribution in [0.5, 0.6) is 0 Å². The molecule has 5 nitrogen and oxygen atoms in total. The quantitative estimate of drug-likeness (QED) is 0.226. The van der Waals surface area contributed by atoms with Gasteiger partial charge in [-0.3, -0.25) is 4.98 Å². The Hall–Kier alpha value is -3.71. The number of hydrogen-bond acceptors (Lipinski definition) is 3. The molecule has 7 heteroatoms. The first-order valence-corrected chi connectivity index (χ1v) is 12.7. The first-order valence-electron chi connectivity index (χ1n) is 12.3. The van der Waals surface area contributed by atoms with Gasteiger partial charge in [0, 0.05) is 36.4 Å². The second kappa shape index (κ2) is 10.5. The van der Waals surface area contributed by atoms with E-state index in [-0.39, 0.29) is 17.9 Å². The van der Waals surface area contributed by atoms with E-state index in [1.807, 2.05) is 66.2 Å². The van der Waals surface area contributed by atoms with Crippen molar-refractivity contribution in [3.8, 4) is 5.69 Å². The second-order valence-corrected chi connectivity index (χ2v) is 9.47. The summed E-state index contributed by atoms with van der Waals surface area (Å²) in [6, 6.07) is 25.1. The van der Waals surface area contributed by atoms with E-state index < -0.39 is 0 Å². The lowest BCUT2D eigenvalue weighted by molar-refractivity contribution is 0.315. The average Bonchev–Trinajstić information content (AvgIpc) is 3.38. The van der Waals surface area contributed by atoms with Crippen molar-refractivity contribution in [2.45, 2.75) is 32.4 Å². The van der Waals surface area contributed by atoms with Gasteiger partial charge in [-0.15, -0.1) is 0 Å². The van der Waals surface area contributed by atoms with Crippen molar-refractivity contribution < 1.29 is 4.39 Å². The number of pyridine rings is 1. The first-order chi connectivity index (χ1) is 17.5. The smallest absolute Gasteiger partial charge is 0.170 e. The van der Waals surface area contributed by atoms with Crippen molar-refractivity contribution in [1.82, 2.24) is 19.8 Å². The number of aromatic nitrogens is 2. The summed E-state index contributed by atoms with van der Waals surface area (Å²) in [7, 11) is 0. The van der Waals surface area contributed by atoms with Crippen molar-refractivity contribution in [3.63, 3.8) is 0 Å². The van der Waals surface area contributed by atoms with E-state index in [1.54, 1.807) is 6.07 Å². The highest BCUT2D eigenvalue weighted by Crippen LogP contribution is 2.41. The Morgan fingerprint density at radius 2 is 1.75 bits per heavy atom. The van der Waals surface area contributed by atoms with Crippen LogP contribution in [0.2, 0.25) is 0 Å². The molecule has 0 unspecified atom stereocenters. The lowest BCUT2D eigenvalue weighted by Crippen LogP contribution is -2.31. The summed E-state index contributed by atoms with van der Waals surface area (Å²) >= 11 is 5.83. The molecular weight excluding hydrogens is 469 g/mol. The van der Waals surface area contributed by atoms with Crippen LogP contribution in [0.15, 0.2) is 85.1 Å². The van der Waals surface area contributed by atoms with Gasteiger partial charge in [-0.1, -0.05) is 36.4 Å². The molecule has 2 aromatic carbocycles.